The van der Waals surface area contributed by atoms with Crippen LogP contribution in [0.3, 0.4) is 0 Å². The third kappa shape index (κ3) is 2.59. The molecule has 1 aromatic rings. The first-order chi connectivity index (χ1) is 9.63. The molecule has 0 saturated carbocycles. The summed E-state index contributed by atoms with van der Waals surface area (Å²) in [4.78, 5) is 19.2. The van der Waals surface area contributed by atoms with Crippen molar-refractivity contribution in [1.82, 2.24) is 9.97 Å². The van der Waals surface area contributed by atoms with Crippen LogP contribution in [0.2, 0.25) is 0 Å². The third-order valence-electron chi connectivity index (χ3n) is 3.30. The fraction of sp³-hybridized carbons (Fsp3) is 0.615. The lowest BCUT2D eigenvalue weighted by Gasteiger charge is -2.17. The maximum atomic E-state index is 11.0. The molecule has 0 N–H and O–H groups in total. The molecule has 2 unspecified atom stereocenters. The number of fused-ring (bicyclic) bond motifs is 1. The van der Waals surface area contributed by atoms with Crippen LogP contribution >= 0.6 is 0 Å². The maximum absolute atomic E-state index is 11.0. The number of hydrogen-bond acceptors (Lipinski definition) is 7. The molecule has 2 fully saturated rings. The van der Waals surface area contributed by atoms with Gasteiger partial charge < -0.3 is 18.9 Å². The number of aromatic nitrogens is 2. The van der Waals surface area contributed by atoms with E-state index in [4.69, 9.17) is 18.9 Å². The van der Waals surface area contributed by atoms with Gasteiger partial charge in [0.15, 0.2) is 12.2 Å². The Morgan fingerprint density at radius 2 is 2.00 bits per heavy atom. The minimum atomic E-state index is -0.363. The monoisotopic (exact) mass is 280 g/mol. The van der Waals surface area contributed by atoms with Gasteiger partial charge in [-0.2, -0.15) is 4.98 Å². The van der Waals surface area contributed by atoms with Gasteiger partial charge in [-0.3, -0.25) is 4.79 Å². The van der Waals surface area contributed by atoms with Crippen LogP contribution in [0.5, 0.6) is 5.88 Å². The fourth-order valence-electron chi connectivity index (χ4n) is 2.50. The predicted octanol–water partition coefficient (Wildman–Crippen LogP) is 0.262. The number of nitrogens with zero attached hydrogens (tertiary/aromatic N) is 2. The molecule has 1 aromatic heterocycles. The molecule has 3 rings (SSSR count). The molecular formula is C13H16N2O5. The van der Waals surface area contributed by atoms with Gasteiger partial charge in [0, 0.05) is 19.2 Å². The van der Waals surface area contributed by atoms with Crippen molar-refractivity contribution in [2.45, 2.75) is 38.3 Å². The molecule has 0 bridgehead atoms. The third-order valence-corrected chi connectivity index (χ3v) is 3.30. The molecule has 20 heavy (non-hydrogen) atoms. The van der Waals surface area contributed by atoms with E-state index in [-0.39, 0.29) is 30.4 Å². The molecule has 0 amide bonds. The second-order valence-corrected chi connectivity index (χ2v) is 4.84. The summed E-state index contributed by atoms with van der Waals surface area (Å²) in [5.74, 6) is 0.799. The van der Waals surface area contributed by atoms with Crippen molar-refractivity contribution in [2.24, 2.45) is 0 Å². The Kier molecular flexibility index (Phi) is 3.54. The number of rotatable bonds is 3. The van der Waals surface area contributed by atoms with Crippen LogP contribution in [0.1, 0.15) is 12.7 Å². The number of carbonyl (C=O) groups excluding carboxylic acids is 1. The smallest absolute Gasteiger partial charge is 0.303 e. The first-order valence-electron chi connectivity index (χ1n) is 6.50. The van der Waals surface area contributed by atoms with Gasteiger partial charge in [-0.25, -0.2) is 4.98 Å². The van der Waals surface area contributed by atoms with Crippen molar-refractivity contribution in [3.8, 4) is 5.88 Å². The Balaban J connectivity index is 1.65. The van der Waals surface area contributed by atoms with Gasteiger partial charge in [0.1, 0.15) is 18.0 Å². The number of ether oxygens (including phenoxy) is 4. The van der Waals surface area contributed by atoms with Gasteiger partial charge in [0.05, 0.1) is 13.2 Å². The van der Waals surface area contributed by atoms with Crippen LogP contribution in [0, 0.1) is 6.92 Å². The Hall–Kier alpha value is -1.73. The highest BCUT2D eigenvalue weighted by Crippen LogP contribution is 2.31. The topological polar surface area (TPSA) is 79.8 Å². The van der Waals surface area contributed by atoms with Crippen LogP contribution in [0.15, 0.2) is 12.3 Å². The zero-order chi connectivity index (χ0) is 14.1. The summed E-state index contributed by atoms with van der Waals surface area (Å²) in [7, 11) is 0. The lowest BCUT2D eigenvalue weighted by atomic mass is 10.1. The first kappa shape index (κ1) is 13.3. The van der Waals surface area contributed by atoms with Gasteiger partial charge in [-0.15, -0.1) is 0 Å². The van der Waals surface area contributed by atoms with E-state index in [2.05, 4.69) is 9.97 Å². The van der Waals surface area contributed by atoms with Crippen molar-refractivity contribution < 1.29 is 23.7 Å². The standard InChI is InChI=1S/C13H16N2O5/c1-7-14-4-3-11(15-7)20-10-6-18-12-9(19-8(2)16)5-17-13(10)12/h3-4,9-10,12-13H,5-6H2,1-2H3/t9-,10-,12?,13?/m0/s1. The predicted molar refractivity (Wildman–Crippen MR) is 66.2 cm³/mol. The van der Waals surface area contributed by atoms with E-state index in [1.807, 2.05) is 0 Å². The minimum absolute atomic E-state index is 0.241. The average molecular weight is 280 g/mol. The van der Waals surface area contributed by atoms with E-state index in [1.165, 1.54) is 6.92 Å². The van der Waals surface area contributed by atoms with Crippen LogP contribution in [-0.2, 0) is 19.0 Å². The van der Waals surface area contributed by atoms with E-state index in [1.54, 1.807) is 19.2 Å². The highest BCUT2D eigenvalue weighted by Gasteiger charge is 2.50. The van der Waals surface area contributed by atoms with E-state index in [0.717, 1.165) is 0 Å². The van der Waals surface area contributed by atoms with Crippen molar-refractivity contribution in [2.75, 3.05) is 13.2 Å². The van der Waals surface area contributed by atoms with Crippen molar-refractivity contribution in [1.29, 1.82) is 0 Å². The molecule has 2 aliphatic rings. The second kappa shape index (κ2) is 5.34. The maximum Gasteiger partial charge on any atom is 0.303 e. The highest BCUT2D eigenvalue weighted by atomic mass is 16.7. The van der Waals surface area contributed by atoms with Gasteiger partial charge in [-0.1, -0.05) is 0 Å². The summed E-state index contributed by atoms with van der Waals surface area (Å²) in [6, 6.07) is 1.69. The van der Waals surface area contributed by atoms with Gasteiger partial charge in [0.2, 0.25) is 5.88 Å². The van der Waals surface area contributed by atoms with Gasteiger partial charge in [-0.05, 0) is 6.92 Å². The molecule has 0 aromatic carbocycles. The Labute approximate surface area is 116 Å². The van der Waals surface area contributed by atoms with Crippen LogP contribution in [0.4, 0.5) is 0 Å². The lowest BCUT2D eigenvalue weighted by molar-refractivity contribution is -0.150. The van der Waals surface area contributed by atoms with Crippen LogP contribution < -0.4 is 4.74 Å². The molecule has 3 heterocycles. The van der Waals surface area contributed by atoms with Crippen LogP contribution in [0.25, 0.3) is 0 Å². The summed E-state index contributed by atoms with van der Waals surface area (Å²) in [6.07, 6.45) is 0.511. The zero-order valence-electron chi connectivity index (χ0n) is 11.3. The average Bonchev–Trinajstić information content (AvgIpc) is 2.94. The molecular weight excluding hydrogens is 264 g/mol. The molecule has 7 heteroatoms. The van der Waals surface area contributed by atoms with Crippen molar-refractivity contribution in [3.63, 3.8) is 0 Å². The van der Waals surface area contributed by atoms with Crippen LogP contribution in [-0.4, -0.2) is 53.6 Å². The van der Waals surface area contributed by atoms with E-state index >= 15 is 0 Å². The summed E-state index contributed by atoms with van der Waals surface area (Å²) in [6.45, 7) is 3.89. The largest absolute Gasteiger partial charge is 0.469 e. The summed E-state index contributed by atoms with van der Waals surface area (Å²) >= 11 is 0. The zero-order valence-corrected chi connectivity index (χ0v) is 11.3. The Bertz CT molecular complexity index is 509. The molecule has 0 spiro atoms. The number of hydrogen-bond donors (Lipinski definition) is 0. The number of aryl methyl sites for hydroxylation is 1. The Morgan fingerprint density at radius 1 is 1.30 bits per heavy atom. The van der Waals surface area contributed by atoms with E-state index in [0.29, 0.717) is 24.9 Å². The summed E-state index contributed by atoms with van der Waals surface area (Å²) in [5.41, 5.74) is 0. The SMILES string of the molecule is CC(=O)O[C@H]1COC2C1OC[C@@H]2Oc1ccnc(C)n1. The molecule has 108 valence electrons. The molecule has 2 saturated heterocycles. The van der Waals surface area contributed by atoms with Gasteiger partial charge >= 0.3 is 5.97 Å². The molecule has 0 radical (unpaired) electrons. The lowest BCUT2D eigenvalue weighted by Crippen LogP contribution is -2.36. The van der Waals surface area contributed by atoms with E-state index in [9.17, 15) is 4.79 Å². The molecule has 0 aliphatic carbocycles. The molecule has 2 aliphatic heterocycles. The summed E-state index contributed by atoms with van der Waals surface area (Å²) < 4.78 is 22.2. The molecule has 7 nitrogen and oxygen atoms in total. The molecule has 4 atom stereocenters. The second-order valence-electron chi connectivity index (χ2n) is 4.84. The number of carbonyl (C=O) groups is 1. The summed E-state index contributed by atoms with van der Waals surface area (Å²) in [5, 5.41) is 0. The van der Waals surface area contributed by atoms with Crippen molar-refractivity contribution in [3.05, 3.63) is 18.1 Å². The number of esters is 1. The highest BCUT2D eigenvalue weighted by molar-refractivity contribution is 5.66. The van der Waals surface area contributed by atoms with Crippen molar-refractivity contribution >= 4 is 5.97 Å². The minimum Gasteiger partial charge on any atom is -0.469 e. The van der Waals surface area contributed by atoms with Gasteiger partial charge in [0.25, 0.3) is 0 Å². The first-order valence-corrected chi connectivity index (χ1v) is 6.50. The fourth-order valence-corrected chi connectivity index (χ4v) is 2.50. The van der Waals surface area contributed by atoms with E-state index < -0.39 is 0 Å². The normalized spacial score (nSPS) is 31.9. The Morgan fingerprint density at radius 3 is 2.70 bits per heavy atom. The quantitative estimate of drug-likeness (QED) is 0.735.